The summed E-state index contributed by atoms with van der Waals surface area (Å²) in [6.07, 6.45) is 1.69. The Kier molecular flexibility index (Phi) is 4.19. The Bertz CT molecular complexity index is 658. The number of piperidine rings is 1. The predicted molar refractivity (Wildman–Crippen MR) is 80.9 cm³/mol. The maximum absolute atomic E-state index is 12.4. The molecule has 1 aliphatic heterocycles. The summed E-state index contributed by atoms with van der Waals surface area (Å²) in [6, 6.07) is 0. The molecule has 0 N–H and O–H groups in total. The maximum atomic E-state index is 12.4. The third-order valence-corrected chi connectivity index (χ3v) is 4.74. The lowest BCUT2D eigenvalue weighted by molar-refractivity contribution is 0.0710. The number of amides is 1. The number of likely N-dealkylation sites (tertiary alicyclic amines) is 1. The summed E-state index contributed by atoms with van der Waals surface area (Å²) in [4.78, 5) is 14.9. The molecule has 0 unspecified atom stereocenters. The number of nitrogens with zero attached hydrogens (tertiary/aromatic N) is 5. The van der Waals surface area contributed by atoms with Gasteiger partial charge in [-0.1, -0.05) is 18.3 Å². The molecule has 0 spiro atoms. The van der Waals surface area contributed by atoms with Crippen LogP contribution in [0.1, 0.15) is 65.7 Å². The molecule has 0 radical (unpaired) electrons. The zero-order valence-corrected chi connectivity index (χ0v) is 13.8. The average molecular weight is 321 g/mol. The molecular weight excluding hydrogens is 302 g/mol. The fraction of sp³-hybridized carbons (Fsp3) is 0.643. The van der Waals surface area contributed by atoms with Crippen LogP contribution in [0.25, 0.3) is 0 Å². The molecule has 118 valence electrons. The average Bonchev–Trinajstić information content (AvgIpc) is 3.15. The van der Waals surface area contributed by atoms with Gasteiger partial charge in [0.15, 0.2) is 0 Å². The highest BCUT2D eigenvalue weighted by Gasteiger charge is 2.29. The zero-order chi connectivity index (χ0) is 15.7. The lowest BCUT2D eigenvalue weighted by Gasteiger charge is -2.30. The molecule has 1 saturated heterocycles. The van der Waals surface area contributed by atoms with Gasteiger partial charge in [-0.3, -0.25) is 4.79 Å². The van der Waals surface area contributed by atoms with Crippen LogP contribution in [-0.4, -0.2) is 43.7 Å². The topological polar surface area (TPSA) is 85.0 Å². The predicted octanol–water partition coefficient (Wildman–Crippen LogP) is 2.37. The summed E-state index contributed by atoms with van der Waals surface area (Å²) >= 11 is 1.16. The van der Waals surface area contributed by atoms with E-state index in [1.807, 2.05) is 25.7 Å². The van der Waals surface area contributed by atoms with Gasteiger partial charge in [0.1, 0.15) is 4.88 Å². The minimum atomic E-state index is 0.0272. The maximum Gasteiger partial charge on any atom is 0.267 e. The van der Waals surface area contributed by atoms with Crippen LogP contribution in [0.15, 0.2) is 4.42 Å². The van der Waals surface area contributed by atoms with Crippen LogP contribution in [0, 0.1) is 6.92 Å². The molecule has 0 aromatic carbocycles. The Morgan fingerprint density at radius 2 is 2.00 bits per heavy atom. The van der Waals surface area contributed by atoms with Crippen LogP contribution < -0.4 is 0 Å². The highest BCUT2D eigenvalue weighted by Crippen LogP contribution is 2.29. The first-order valence-corrected chi connectivity index (χ1v) is 8.25. The number of aryl methyl sites for hydroxylation is 1. The number of aromatic nitrogens is 4. The molecule has 2 aromatic heterocycles. The van der Waals surface area contributed by atoms with Gasteiger partial charge in [-0.05, 0) is 31.3 Å². The molecule has 22 heavy (non-hydrogen) atoms. The SMILES string of the molecule is Cc1nnsc1C(=O)N1CCC(c2nnc(C(C)C)o2)CC1. The normalized spacial score (nSPS) is 16.5. The van der Waals surface area contributed by atoms with E-state index in [-0.39, 0.29) is 17.7 Å². The standard InChI is InChI=1S/C14H19N5O2S/c1-8(2)12-16-17-13(21-12)10-4-6-19(7-5-10)14(20)11-9(3)15-18-22-11/h8,10H,4-7H2,1-3H3. The van der Waals surface area contributed by atoms with Gasteiger partial charge in [-0.25, -0.2) is 0 Å². The third-order valence-electron chi connectivity index (χ3n) is 3.93. The molecule has 1 fully saturated rings. The van der Waals surface area contributed by atoms with Gasteiger partial charge in [0.2, 0.25) is 11.8 Å². The molecule has 7 nitrogen and oxygen atoms in total. The highest BCUT2D eigenvalue weighted by atomic mass is 32.1. The van der Waals surface area contributed by atoms with Crippen molar-refractivity contribution in [2.45, 2.75) is 45.4 Å². The van der Waals surface area contributed by atoms with E-state index in [4.69, 9.17) is 4.42 Å². The summed E-state index contributed by atoms with van der Waals surface area (Å²) < 4.78 is 9.56. The number of carbonyl (C=O) groups is 1. The molecule has 8 heteroatoms. The minimum absolute atomic E-state index is 0.0272. The van der Waals surface area contributed by atoms with E-state index in [1.165, 1.54) is 0 Å². The van der Waals surface area contributed by atoms with E-state index < -0.39 is 0 Å². The Hall–Kier alpha value is -1.83. The second-order valence-electron chi connectivity index (χ2n) is 5.89. The monoisotopic (exact) mass is 321 g/mol. The second kappa shape index (κ2) is 6.12. The molecule has 3 rings (SSSR count). The fourth-order valence-corrected chi connectivity index (χ4v) is 3.17. The van der Waals surface area contributed by atoms with Crippen molar-refractivity contribution < 1.29 is 9.21 Å². The highest BCUT2D eigenvalue weighted by molar-refractivity contribution is 7.07. The van der Waals surface area contributed by atoms with Crippen molar-refractivity contribution in [2.75, 3.05) is 13.1 Å². The molecule has 2 aromatic rings. The van der Waals surface area contributed by atoms with Gasteiger partial charge < -0.3 is 9.32 Å². The van der Waals surface area contributed by atoms with Crippen LogP contribution in [0.5, 0.6) is 0 Å². The molecular formula is C14H19N5O2S. The van der Waals surface area contributed by atoms with Crippen molar-refractivity contribution in [1.29, 1.82) is 0 Å². The summed E-state index contributed by atoms with van der Waals surface area (Å²) in [5, 5.41) is 12.1. The van der Waals surface area contributed by atoms with Gasteiger partial charge in [-0.15, -0.1) is 15.3 Å². The largest absolute Gasteiger partial charge is 0.425 e. The van der Waals surface area contributed by atoms with E-state index in [1.54, 1.807) is 0 Å². The van der Waals surface area contributed by atoms with E-state index >= 15 is 0 Å². The summed E-state index contributed by atoms with van der Waals surface area (Å²) in [5.41, 5.74) is 0.704. The molecule has 0 aliphatic carbocycles. The van der Waals surface area contributed by atoms with Crippen LogP contribution in [0.3, 0.4) is 0 Å². The van der Waals surface area contributed by atoms with Crippen LogP contribution in [0.4, 0.5) is 0 Å². The first kappa shape index (κ1) is 15.1. The second-order valence-corrected chi connectivity index (χ2v) is 6.64. The lowest BCUT2D eigenvalue weighted by atomic mass is 9.96. The molecule has 0 saturated carbocycles. The fourth-order valence-electron chi connectivity index (χ4n) is 2.55. The van der Waals surface area contributed by atoms with E-state index in [0.29, 0.717) is 35.4 Å². The van der Waals surface area contributed by atoms with Crippen molar-refractivity contribution in [1.82, 2.24) is 24.7 Å². The van der Waals surface area contributed by atoms with Gasteiger partial charge in [0.05, 0.1) is 5.69 Å². The minimum Gasteiger partial charge on any atom is -0.425 e. The van der Waals surface area contributed by atoms with E-state index in [0.717, 1.165) is 24.4 Å². The molecule has 0 bridgehead atoms. The lowest BCUT2D eigenvalue weighted by Crippen LogP contribution is -2.37. The zero-order valence-electron chi connectivity index (χ0n) is 12.9. The smallest absolute Gasteiger partial charge is 0.267 e. The summed E-state index contributed by atoms with van der Waals surface area (Å²) in [7, 11) is 0. The number of hydrogen-bond donors (Lipinski definition) is 0. The van der Waals surface area contributed by atoms with Gasteiger partial charge in [0, 0.05) is 24.9 Å². The van der Waals surface area contributed by atoms with Crippen molar-refractivity contribution in [3.63, 3.8) is 0 Å². The van der Waals surface area contributed by atoms with Crippen molar-refractivity contribution in [3.8, 4) is 0 Å². The Morgan fingerprint density at radius 3 is 2.55 bits per heavy atom. The summed E-state index contributed by atoms with van der Waals surface area (Å²) in [6.45, 7) is 7.27. The van der Waals surface area contributed by atoms with Crippen molar-refractivity contribution in [2.24, 2.45) is 0 Å². The number of carbonyl (C=O) groups excluding carboxylic acids is 1. The number of rotatable bonds is 3. The first-order valence-electron chi connectivity index (χ1n) is 7.47. The van der Waals surface area contributed by atoms with E-state index in [9.17, 15) is 4.79 Å². The molecule has 0 atom stereocenters. The van der Waals surface area contributed by atoms with E-state index in [2.05, 4.69) is 19.8 Å². The van der Waals surface area contributed by atoms with Gasteiger partial charge >= 0.3 is 0 Å². The molecule has 3 heterocycles. The Labute approximate surface area is 132 Å². The third kappa shape index (κ3) is 2.87. The quantitative estimate of drug-likeness (QED) is 0.863. The van der Waals surface area contributed by atoms with Crippen molar-refractivity contribution in [3.05, 3.63) is 22.4 Å². The van der Waals surface area contributed by atoms with Crippen LogP contribution in [0.2, 0.25) is 0 Å². The Balaban J connectivity index is 1.62. The van der Waals surface area contributed by atoms with Crippen LogP contribution >= 0.6 is 11.5 Å². The number of hydrogen-bond acceptors (Lipinski definition) is 7. The summed E-state index contributed by atoms with van der Waals surface area (Å²) in [5.74, 6) is 1.89. The van der Waals surface area contributed by atoms with Crippen LogP contribution in [-0.2, 0) is 0 Å². The first-order chi connectivity index (χ1) is 10.6. The van der Waals surface area contributed by atoms with Gasteiger partial charge in [-0.2, -0.15) is 0 Å². The van der Waals surface area contributed by atoms with Crippen molar-refractivity contribution >= 4 is 17.4 Å². The Morgan fingerprint density at radius 1 is 1.27 bits per heavy atom. The van der Waals surface area contributed by atoms with Gasteiger partial charge in [0.25, 0.3) is 5.91 Å². The molecule has 1 aliphatic rings. The molecule has 1 amide bonds.